The average molecular weight is 203 g/mol. The number of nitrogens with zero attached hydrogens (tertiary/aromatic N) is 3. The van der Waals surface area contributed by atoms with Crippen LogP contribution in [0.25, 0.3) is 0 Å². The zero-order valence-electron chi connectivity index (χ0n) is 7.45. The lowest BCUT2D eigenvalue weighted by molar-refractivity contribution is -0.538. The minimum atomic E-state index is -1.47. The lowest BCUT2D eigenvalue weighted by Gasteiger charge is -2.25. The van der Waals surface area contributed by atoms with E-state index >= 15 is 0 Å². The first-order valence-electron chi connectivity index (χ1n) is 3.92. The Morgan fingerprint density at radius 2 is 1.57 bits per heavy atom. The number of likely N-dealkylation sites (N-methyl/N-ethyl adjacent to an activating group) is 1. The fraction of sp³-hybridized carbons (Fsp3) is 0.833. The summed E-state index contributed by atoms with van der Waals surface area (Å²) in [5.41, 5.74) is 0. The first-order chi connectivity index (χ1) is 6.43. The van der Waals surface area contributed by atoms with Gasteiger partial charge in [-0.05, 0) is 7.05 Å². The van der Waals surface area contributed by atoms with Gasteiger partial charge in [-0.1, -0.05) is 0 Å². The summed E-state index contributed by atoms with van der Waals surface area (Å²) in [6.07, 6.45) is 0. The van der Waals surface area contributed by atoms with Crippen molar-refractivity contribution in [2.75, 3.05) is 20.1 Å². The number of rotatable bonds is 2. The molecule has 0 aliphatic carbocycles. The van der Waals surface area contributed by atoms with Gasteiger partial charge in [-0.15, -0.1) is 0 Å². The molecule has 0 bridgehead atoms. The van der Waals surface area contributed by atoms with Crippen LogP contribution in [-0.4, -0.2) is 52.8 Å². The molecular weight excluding hydrogens is 194 g/mol. The van der Waals surface area contributed by atoms with Gasteiger partial charge in [0, 0.05) is 9.85 Å². The molecule has 0 aromatic rings. The first-order valence-corrected chi connectivity index (χ1v) is 3.92. The molecule has 0 radical (unpaired) electrons. The Hall–Kier alpha value is -1.57. The van der Waals surface area contributed by atoms with Gasteiger partial charge in [0.2, 0.25) is 0 Å². The van der Waals surface area contributed by atoms with Crippen molar-refractivity contribution < 1.29 is 14.6 Å². The molecule has 0 aromatic carbocycles. The maximum Gasteiger partial charge on any atom is 0.289 e. The highest BCUT2D eigenvalue weighted by molar-refractivity contribution is 5.88. The average Bonchev–Trinajstić information content (AvgIpc) is 2.07. The minimum absolute atomic E-state index is 0.0594. The molecule has 1 rings (SSSR count). The second kappa shape index (κ2) is 3.66. The van der Waals surface area contributed by atoms with Gasteiger partial charge in [0.1, 0.15) is 0 Å². The maximum atomic E-state index is 11.2. The van der Waals surface area contributed by atoms with Crippen molar-refractivity contribution >= 4 is 5.78 Å². The quantitative estimate of drug-likeness (QED) is 0.411. The van der Waals surface area contributed by atoms with Crippen LogP contribution in [-0.2, 0) is 4.79 Å². The van der Waals surface area contributed by atoms with E-state index in [4.69, 9.17) is 0 Å². The summed E-state index contributed by atoms with van der Waals surface area (Å²) in [6, 6.07) is -2.94. The smallest absolute Gasteiger partial charge is 0.289 e. The predicted octanol–water partition coefficient (Wildman–Crippen LogP) is -1.21. The number of hydrogen-bond acceptors (Lipinski definition) is 6. The molecule has 1 heterocycles. The number of hydrogen-bond donors (Lipinski definition) is 0. The van der Waals surface area contributed by atoms with Crippen LogP contribution >= 0.6 is 0 Å². The number of ketones is 1. The Morgan fingerprint density at radius 1 is 1.21 bits per heavy atom. The summed E-state index contributed by atoms with van der Waals surface area (Å²) in [7, 11) is 1.51. The molecule has 0 unspecified atom stereocenters. The van der Waals surface area contributed by atoms with Crippen LogP contribution in [0.2, 0.25) is 0 Å². The molecule has 1 saturated heterocycles. The van der Waals surface area contributed by atoms with Gasteiger partial charge in [0.05, 0.1) is 13.1 Å². The number of carbonyl (C=O) groups excluding carboxylic acids is 1. The van der Waals surface area contributed by atoms with Gasteiger partial charge >= 0.3 is 0 Å². The van der Waals surface area contributed by atoms with Gasteiger partial charge in [-0.2, -0.15) is 0 Å². The Labute approximate surface area is 78.8 Å². The third kappa shape index (κ3) is 1.84. The molecular formula is C6H9N3O5. The highest BCUT2D eigenvalue weighted by Crippen LogP contribution is 2.10. The topological polar surface area (TPSA) is 107 Å². The van der Waals surface area contributed by atoms with E-state index in [-0.39, 0.29) is 13.1 Å². The van der Waals surface area contributed by atoms with E-state index in [0.29, 0.717) is 0 Å². The van der Waals surface area contributed by atoms with Crippen LogP contribution in [0.4, 0.5) is 0 Å². The van der Waals surface area contributed by atoms with Crippen molar-refractivity contribution in [2.24, 2.45) is 0 Å². The molecule has 0 saturated carbocycles. The molecule has 14 heavy (non-hydrogen) atoms. The number of nitro groups is 2. The Bertz CT molecular complexity index is 265. The zero-order chi connectivity index (χ0) is 10.9. The molecule has 0 spiro atoms. The SMILES string of the molecule is CN1C[C@@H]([N+](=O)[O-])C(=O)[C@H]([N+](=O)[O-])C1. The van der Waals surface area contributed by atoms with Crippen LogP contribution in [0.5, 0.6) is 0 Å². The van der Waals surface area contributed by atoms with E-state index < -0.39 is 27.7 Å². The van der Waals surface area contributed by atoms with Gasteiger partial charge in [0.25, 0.3) is 17.9 Å². The molecule has 0 N–H and O–H groups in total. The van der Waals surface area contributed by atoms with E-state index in [0.717, 1.165) is 0 Å². The van der Waals surface area contributed by atoms with Gasteiger partial charge < -0.3 is 0 Å². The molecule has 0 aromatic heterocycles. The van der Waals surface area contributed by atoms with E-state index in [2.05, 4.69) is 0 Å². The fourth-order valence-corrected chi connectivity index (χ4v) is 1.41. The molecule has 78 valence electrons. The number of Topliss-reactive ketones (excluding diaryl/α,β-unsaturated/α-hetero) is 1. The third-order valence-electron chi connectivity index (χ3n) is 2.14. The lowest BCUT2D eigenvalue weighted by atomic mass is 10.0. The number of piperidine rings is 1. The monoisotopic (exact) mass is 203 g/mol. The second-order valence-electron chi connectivity index (χ2n) is 3.23. The number of likely N-dealkylation sites (tertiary alicyclic amines) is 1. The summed E-state index contributed by atoms with van der Waals surface area (Å²) in [5.74, 6) is -0.905. The van der Waals surface area contributed by atoms with Crippen molar-refractivity contribution in [3.8, 4) is 0 Å². The van der Waals surface area contributed by atoms with Gasteiger partial charge in [0.15, 0.2) is 0 Å². The van der Waals surface area contributed by atoms with Crippen LogP contribution in [0, 0.1) is 20.2 Å². The summed E-state index contributed by atoms with van der Waals surface area (Å²) in [4.78, 5) is 32.0. The predicted molar refractivity (Wildman–Crippen MR) is 44.1 cm³/mol. The second-order valence-corrected chi connectivity index (χ2v) is 3.23. The highest BCUT2D eigenvalue weighted by atomic mass is 16.6. The first kappa shape index (κ1) is 10.5. The fourth-order valence-electron chi connectivity index (χ4n) is 1.41. The maximum absolute atomic E-state index is 11.2. The van der Waals surface area contributed by atoms with Crippen LogP contribution in [0.1, 0.15) is 0 Å². The zero-order valence-corrected chi connectivity index (χ0v) is 7.45. The van der Waals surface area contributed by atoms with Crippen LogP contribution < -0.4 is 0 Å². The normalized spacial score (nSPS) is 28.8. The summed E-state index contributed by atoms with van der Waals surface area (Å²) in [6.45, 7) is -0.119. The highest BCUT2D eigenvalue weighted by Gasteiger charge is 2.47. The molecule has 2 atom stereocenters. The van der Waals surface area contributed by atoms with Crippen LogP contribution in [0.3, 0.4) is 0 Å². The standard InChI is InChI=1S/C6H9N3O5/c1-7-2-4(8(11)12)6(10)5(3-7)9(13)14/h4-5H,2-3H2,1H3/t4-,5-/m1/s1. The molecule has 0 amide bonds. The summed E-state index contributed by atoms with van der Waals surface area (Å²) < 4.78 is 0. The Balaban J connectivity index is 2.86. The lowest BCUT2D eigenvalue weighted by Crippen LogP contribution is -2.56. The summed E-state index contributed by atoms with van der Waals surface area (Å²) in [5, 5.41) is 20.8. The number of carbonyl (C=O) groups is 1. The van der Waals surface area contributed by atoms with Crippen molar-refractivity contribution in [1.82, 2.24) is 4.90 Å². The van der Waals surface area contributed by atoms with Crippen LogP contribution in [0.15, 0.2) is 0 Å². The molecule has 1 fully saturated rings. The van der Waals surface area contributed by atoms with Gasteiger partial charge in [-0.25, -0.2) is 0 Å². The van der Waals surface area contributed by atoms with Crippen molar-refractivity contribution in [3.05, 3.63) is 20.2 Å². The molecule has 1 aliphatic heterocycles. The largest absolute Gasteiger partial charge is 0.292 e. The van der Waals surface area contributed by atoms with Crippen molar-refractivity contribution in [3.63, 3.8) is 0 Å². The molecule has 8 heteroatoms. The third-order valence-corrected chi connectivity index (χ3v) is 2.14. The van der Waals surface area contributed by atoms with E-state index in [1.54, 1.807) is 0 Å². The van der Waals surface area contributed by atoms with Crippen molar-refractivity contribution in [1.29, 1.82) is 0 Å². The Kier molecular flexibility index (Phi) is 2.75. The van der Waals surface area contributed by atoms with E-state index in [1.165, 1.54) is 11.9 Å². The van der Waals surface area contributed by atoms with E-state index in [9.17, 15) is 25.0 Å². The summed E-state index contributed by atoms with van der Waals surface area (Å²) >= 11 is 0. The Morgan fingerprint density at radius 3 is 1.86 bits per heavy atom. The van der Waals surface area contributed by atoms with Gasteiger partial charge in [-0.3, -0.25) is 29.9 Å². The molecule has 1 aliphatic rings. The minimum Gasteiger partial charge on any atom is -0.292 e. The van der Waals surface area contributed by atoms with E-state index in [1.807, 2.05) is 0 Å². The molecule has 8 nitrogen and oxygen atoms in total. The van der Waals surface area contributed by atoms with Crippen molar-refractivity contribution in [2.45, 2.75) is 12.1 Å².